The molecule has 0 aliphatic carbocycles. The molecule has 0 aliphatic rings. The zero-order valence-electron chi connectivity index (χ0n) is 30.1. The van der Waals surface area contributed by atoms with Crippen LogP contribution in [0.15, 0.2) is 192 Å². The normalized spacial score (nSPS) is 11.9. The van der Waals surface area contributed by atoms with E-state index in [1.165, 1.54) is 67.9 Å². The summed E-state index contributed by atoms with van der Waals surface area (Å²) in [6, 6.07) is 68.3. The summed E-state index contributed by atoms with van der Waals surface area (Å²) in [7, 11) is 0. The van der Waals surface area contributed by atoms with Gasteiger partial charge in [0.1, 0.15) is 11.2 Å². The fourth-order valence-corrected chi connectivity index (χ4v) is 11.0. The molecule has 0 saturated carbocycles. The van der Waals surface area contributed by atoms with Gasteiger partial charge >= 0.3 is 0 Å². The summed E-state index contributed by atoms with van der Waals surface area (Å²) in [6.45, 7) is 0. The third kappa shape index (κ3) is 4.93. The number of hydrogen-bond donors (Lipinski definition) is 0. The molecule has 0 radical (unpaired) electrons. The summed E-state index contributed by atoms with van der Waals surface area (Å²) in [5.41, 5.74) is 9.99. The molecule has 0 unspecified atom stereocenters. The number of furan rings is 1. The summed E-state index contributed by atoms with van der Waals surface area (Å²) in [5, 5.41) is 9.90. The fraction of sp³-hybridized carbons (Fsp3) is 0. The van der Waals surface area contributed by atoms with Crippen LogP contribution in [0.25, 0.3) is 95.3 Å². The zero-order valence-corrected chi connectivity index (χ0v) is 31.7. The molecule has 3 heterocycles. The summed E-state index contributed by atoms with van der Waals surface area (Å²) < 4.78 is 11.8. The van der Waals surface area contributed by atoms with Crippen molar-refractivity contribution in [2.75, 3.05) is 4.90 Å². The zero-order chi connectivity index (χ0) is 36.7. The predicted octanol–water partition coefficient (Wildman–Crippen LogP) is 16.3. The highest BCUT2D eigenvalue weighted by atomic mass is 32.1. The quantitative estimate of drug-likeness (QED) is 0.174. The van der Waals surface area contributed by atoms with Crippen molar-refractivity contribution < 1.29 is 4.42 Å². The molecule has 0 bridgehead atoms. The van der Waals surface area contributed by atoms with Gasteiger partial charge in [-0.15, -0.1) is 22.7 Å². The van der Waals surface area contributed by atoms with Gasteiger partial charge in [0.2, 0.25) is 0 Å². The summed E-state index contributed by atoms with van der Waals surface area (Å²) in [5.74, 6) is 0. The molecular weight excluding hydrogens is 719 g/mol. The van der Waals surface area contributed by atoms with E-state index in [0.29, 0.717) is 0 Å². The summed E-state index contributed by atoms with van der Waals surface area (Å²) in [6.07, 6.45) is 0. The lowest BCUT2D eigenvalue weighted by atomic mass is 10.00. The van der Waals surface area contributed by atoms with E-state index in [1.807, 2.05) is 22.7 Å². The maximum absolute atomic E-state index is 6.66. The number of para-hydroxylation sites is 1. The van der Waals surface area contributed by atoms with Gasteiger partial charge in [-0.1, -0.05) is 121 Å². The SMILES string of the molecule is c1ccc(N(c2ccc3ccccc3c2)c2cccc3c2sc2c(-c4ccc5c(c4)oc4cc(-c6ccc7c(c6)sc6ccccc67)ccc45)cccc23)cc1. The van der Waals surface area contributed by atoms with Crippen LogP contribution in [0, 0.1) is 0 Å². The Morgan fingerprint density at radius 2 is 1.00 bits per heavy atom. The van der Waals surface area contributed by atoms with Crippen LogP contribution >= 0.6 is 22.7 Å². The lowest BCUT2D eigenvalue weighted by Gasteiger charge is -2.26. The van der Waals surface area contributed by atoms with Gasteiger partial charge in [-0.2, -0.15) is 0 Å². The monoisotopic (exact) mass is 749 g/mol. The average molecular weight is 750 g/mol. The maximum atomic E-state index is 6.66. The van der Waals surface area contributed by atoms with E-state index in [2.05, 4.69) is 193 Å². The first-order valence-electron chi connectivity index (χ1n) is 18.9. The van der Waals surface area contributed by atoms with Crippen LogP contribution in [-0.2, 0) is 0 Å². The van der Waals surface area contributed by atoms with Crippen molar-refractivity contribution in [1.82, 2.24) is 0 Å². The van der Waals surface area contributed by atoms with Crippen LogP contribution in [0.2, 0.25) is 0 Å². The Hall–Kier alpha value is -6.72. The minimum Gasteiger partial charge on any atom is -0.456 e. The highest BCUT2D eigenvalue weighted by Gasteiger charge is 2.20. The van der Waals surface area contributed by atoms with E-state index in [1.54, 1.807) is 0 Å². The number of rotatable bonds is 5. The van der Waals surface area contributed by atoms with E-state index in [0.717, 1.165) is 44.4 Å². The van der Waals surface area contributed by atoms with Crippen LogP contribution in [0.5, 0.6) is 0 Å². The molecule has 9 aromatic carbocycles. The second-order valence-corrected chi connectivity index (χ2v) is 16.6. The Morgan fingerprint density at radius 3 is 1.86 bits per heavy atom. The van der Waals surface area contributed by atoms with Gasteiger partial charge in [-0.05, 0) is 99.8 Å². The molecule has 2 nitrogen and oxygen atoms in total. The van der Waals surface area contributed by atoms with Crippen LogP contribution in [-0.4, -0.2) is 0 Å². The molecule has 0 spiro atoms. The Kier molecular flexibility index (Phi) is 7.00. The third-order valence-corrected chi connectivity index (χ3v) is 13.7. The van der Waals surface area contributed by atoms with Crippen molar-refractivity contribution in [2.45, 2.75) is 0 Å². The molecule has 12 aromatic rings. The van der Waals surface area contributed by atoms with Gasteiger partial charge in [-0.3, -0.25) is 0 Å². The van der Waals surface area contributed by atoms with Crippen molar-refractivity contribution in [1.29, 1.82) is 0 Å². The summed E-state index contributed by atoms with van der Waals surface area (Å²) >= 11 is 3.73. The fourth-order valence-electron chi connectivity index (χ4n) is 8.56. The van der Waals surface area contributed by atoms with Gasteiger partial charge in [0, 0.05) is 57.8 Å². The van der Waals surface area contributed by atoms with E-state index in [-0.39, 0.29) is 0 Å². The summed E-state index contributed by atoms with van der Waals surface area (Å²) in [4.78, 5) is 2.40. The minimum absolute atomic E-state index is 0.903. The first-order valence-corrected chi connectivity index (χ1v) is 20.5. The van der Waals surface area contributed by atoms with Crippen molar-refractivity contribution in [2.24, 2.45) is 0 Å². The second kappa shape index (κ2) is 12.4. The topological polar surface area (TPSA) is 16.4 Å². The second-order valence-electron chi connectivity index (χ2n) is 14.5. The third-order valence-electron chi connectivity index (χ3n) is 11.2. The Bertz CT molecular complexity index is 3500. The number of hydrogen-bond acceptors (Lipinski definition) is 4. The predicted molar refractivity (Wildman–Crippen MR) is 243 cm³/mol. The Balaban J connectivity index is 0.970. The van der Waals surface area contributed by atoms with Crippen molar-refractivity contribution >= 4 is 113 Å². The van der Waals surface area contributed by atoms with Gasteiger partial charge in [0.15, 0.2) is 0 Å². The van der Waals surface area contributed by atoms with Gasteiger partial charge in [0.05, 0.1) is 10.4 Å². The number of benzene rings is 9. The number of anilines is 3. The molecule has 4 heteroatoms. The van der Waals surface area contributed by atoms with Gasteiger partial charge < -0.3 is 9.32 Å². The lowest BCUT2D eigenvalue weighted by molar-refractivity contribution is 0.669. The standard InChI is InChI=1S/C52H31NOS2/c1-2-12-37(13-3-1)53(38-24-20-32-10-4-5-11-33(32)28-38)46-18-9-17-45-44-16-8-15-39(51(44)56-52(45)46)36-23-26-41-40-25-21-34(29-47(40)54-48(41)30-36)35-22-27-43-42-14-6-7-19-49(42)55-50(43)31-35/h1-31H. The van der Waals surface area contributed by atoms with Crippen LogP contribution in [0.1, 0.15) is 0 Å². The van der Waals surface area contributed by atoms with E-state index < -0.39 is 0 Å². The molecular formula is C52H31NOS2. The molecule has 3 aromatic heterocycles. The Labute approximate surface area is 330 Å². The van der Waals surface area contributed by atoms with Crippen LogP contribution < -0.4 is 4.90 Å². The molecule has 12 rings (SSSR count). The lowest BCUT2D eigenvalue weighted by Crippen LogP contribution is -2.09. The molecule has 0 aliphatic heterocycles. The Morgan fingerprint density at radius 1 is 0.357 bits per heavy atom. The molecule has 262 valence electrons. The van der Waals surface area contributed by atoms with E-state index in [9.17, 15) is 0 Å². The smallest absolute Gasteiger partial charge is 0.136 e. The van der Waals surface area contributed by atoms with Crippen LogP contribution in [0.3, 0.4) is 0 Å². The highest BCUT2D eigenvalue weighted by molar-refractivity contribution is 7.27. The molecule has 0 atom stereocenters. The van der Waals surface area contributed by atoms with Crippen molar-refractivity contribution in [3.05, 3.63) is 188 Å². The minimum atomic E-state index is 0.903. The molecule has 0 N–H and O–H groups in total. The molecule has 56 heavy (non-hydrogen) atoms. The number of thiophene rings is 2. The highest BCUT2D eigenvalue weighted by Crippen LogP contribution is 2.48. The number of fused-ring (bicyclic) bond motifs is 10. The van der Waals surface area contributed by atoms with Gasteiger partial charge in [0.25, 0.3) is 0 Å². The molecule has 0 fully saturated rings. The average Bonchev–Trinajstić information content (AvgIpc) is 3.95. The van der Waals surface area contributed by atoms with Crippen molar-refractivity contribution in [3.63, 3.8) is 0 Å². The van der Waals surface area contributed by atoms with Crippen molar-refractivity contribution in [3.8, 4) is 22.3 Å². The van der Waals surface area contributed by atoms with E-state index >= 15 is 0 Å². The molecule has 0 saturated heterocycles. The first kappa shape index (κ1) is 31.6. The maximum Gasteiger partial charge on any atom is 0.136 e. The molecule has 0 amide bonds. The number of nitrogens with zero attached hydrogens (tertiary/aromatic N) is 1. The largest absolute Gasteiger partial charge is 0.456 e. The van der Waals surface area contributed by atoms with Crippen LogP contribution in [0.4, 0.5) is 17.1 Å². The first-order chi connectivity index (χ1) is 27.7. The van der Waals surface area contributed by atoms with Gasteiger partial charge in [-0.25, -0.2) is 0 Å². The van der Waals surface area contributed by atoms with E-state index in [4.69, 9.17) is 4.42 Å².